The summed E-state index contributed by atoms with van der Waals surface area (Å²) in [6.07, 6.45) is 3.27. The average molecular weight is 879 g/mol. The summed E-state index contributed by atoms with van der Waals surface area (Å²) in [5, 5.41) is 23.1. The number of nitrogens with zero attached hydrogens (tertiary/aromatic N) is 4. The third-order valence-corrected chi connectivity index (χ3v) is 11.1. The van der Waals surface area contributed by atoms with Crippen LogP contribution in [0, 0.1) is 17.3 Å². The molecule has 1 saturated heterocycles. The molecule has 62 heavy (non-hydrogen) atoms. The summed E-state index contributed by atoms with van der Waals surface area (Å²) in [6, 6.07) is 12.2. The minimum atomic E-state index is -1.24. The molecule has 6 atom stereocenters. The van der Waals surface area contributed by atoms with Gasteiger partial charge in [-0.25, -0.2) is 4.79 Å². The zero-order valence-corrected chi connectivity index (χ0v) is 37.2. The number of halogens is 1. The number of esters is 2. The van der Waals surface area contributed by atoms with Crippen LogP contribution in [0.15, 0.2) is 60.8 Å². The number of epoxide rings is 1. The third kappa shape index (κ3) is 13.8. The summed E-state index contributed by atoms with van der Waals surface area (Å²) >= 11 is 6.36. The van der Waals surface area contributed by atoms with E-state index in [-0.39, 0.29) is 56.3 Å². The smallest absolute Gasteiger partial charge is 0.347 e. The maximum atomic E-state index is 13.8. The van der Waals surface area contributed by atoms with Gasteiger partial charge in [-0.05, 0) is 74.6 Å². The topological polar surface area (TPSA) is 204 Å². The van der Waals surface area contributed by atoms with Gasteiger partial charge >= 0.3 is 17.9 Å². The van der Waals surface area contributed by atoms with Gasteiger partial charge in [0.15, 0.2) is 6.10 Å². The predicted molar refractivity (Wildman–Crippen MR) is 229 cm³/mol. The van der Waals surface area contributed by atoms with Crippen LogP contribution in [0.25, 0.3) is 0 Å². The minimum absolute atomic E-state index is 0.0168. The predicted octanol–water partition coefficient (Wildman–Crippen LogP) is 5.21. The van der Waals surface area contributed by atoms with Crippen molar-refractivity contribution in [2.45, 2.75) is 117 Å². The van der Waals surface area contributed by atoms with Crippen molar-refractivity contribution in [1.29, 1.82) is 0 Å². The molecule has 1 fully saturated rings. The number of hydrogen-bond donors (Lipinski definition) is 3. The van der Waals surface area contributed by atoms with Crippen LogP contribution in [0.2, 0.25) is 5.02 Å². The summed E-state index contributed by atoms with van der Waals surface area (Å²) in [5.74, 6) is -3.14. The van der Waals surface area contributed by atoms with Crippen molar-refractivity contribution in [3.63, 3.8) is 0 Å². The number of carboxylic acids is 1. The Bertz CT molecular complexity index is 2070. The number of aliphatic carboxylic acids is 1. The Balaban J connectivity index is 1.28. The van der Waals surface area contributed by atoms with E-state index in [2.05, 4.69) is 25.8 Å². The van der Waals surface area contributed by atoms with Crippen LogP contribution >= 0.6 is 11.6 Å². The molecule has 5 rings (SSSR count). The van der Waals surface area contributed by atoms with E-state index in [0.29, 0.717) is 42.4 Å². The van der Waals surface area contributed by atoms with Crippen molar-refractivity contribution in [3.8, 4) is 5.75 Å². The van der Waals surface area contributed by atoms with Gasteiger partial charge in [0.05, 0.1) is 29.3 Å². The molecule has 336 valence electrons. The summed E-state index contributed by atoms with van der Waals surface area (Å²) < 4.78 is 25.1. The second-order valence-electron chi connectivity index (χ2n) is 17.2. The number of cyclic esters (lactones) is 2. The number of carbonyl (C=O) groups excluding carboxylic acids is 4. The average Bonchev–Trinajstić information content (AvgIpc) is 3.89. The monoisotopic (exact) mass is 878 g/mol. The molecule has 0 aliphatic carbocycles. The lowest BCUT2D eigenvalue weighted by Gasteiger charge is -2.29. The van der Waals surface area contributed by atoms with Crippen LogP contribution in [-0.2, 0) is 64.2 Å². The molecule has 3 heterocycles. The van der Waals surface area contributed by atoms with Crippen molar-refractivity contribution >= 4 is 41.3 Å². The fourth-order valence-corrected chi connectivity index (χ4v) is 7.47. The van der Waals surface area contributed by atoms with Crippen molar-refractivity contribution in [3.05, 3.63) is 88.2 Å². The van der Waals surface area contributed by atoms with E-state index in [9.17, 15) is 24.0 Å². The van der Waals surface area contributed by atoms with Crippen molar-refractivity contribution in [1.82, 2.24) is 30.5 Å². The number of methoxy groups -OCH3 is 1. The number of amides is 2. The molecular weight excluding hydrogens is 820 g/mol. The number of benzene rings is 2. The summed E-state index contributed by atoms with van der Waals surface area (Å²) in [4.78, 5) is 67.3. The van der Waals surface area contributed by atoms with Crippen LogP contribution in [0.3, 0.4) is 0 Å². The molecule has 3 aromatic rings. The van der Waals surface area contributed by atoms with Gasteiger partial charge in [0, 0.05) is 57.6 Å². The number of nitrogens with one attached hydrogen (secondary N) is 2. The van der Waals surface area contributed by atoms with Crippen molar-refractivity contribution < 1.29 is 48.0 Å². The van der Waals surface area contributed by atoms with E-state index in [4.69, 9.17) is 35.7 Å². The highest BCUT2D eigenvalue weighted by Crippen LogP contribution is 2.45. The fourth-order valence-electron chi connectivity index (χ4n) is 7.19. The second-order valence-corrected chi connectivity index (χ2v) is 17.6. The molecule has 0 radical (unpaired) electrons. The van der Waals surface area contributed by atoms with Crippen molar-refractivity contribution in [2.75, 3.05) is 20.7 Å². The summed E-state index contributed by atoms with van der Waals surface area (Å²) in [6.45, 7) is 10.5. The first-order valence-corrected chi connectivity index (χ1v) is 21.3. The van der Waals surface area contributed by atoms with Crippen LogP contribution < -0.4 is 15.4 Å². The Kier molecular flexibility index (Phi) is 16.7. The third-order valence-electron chi connectivity index (χ3n) is 10.8. The van der Waals surface area contributed by atoms with Crippen LogP contribution in [0.1, 0.15) is 88.8 Å². The zero-order valence-electron chi connectivity index (χ0n) is 36.5. The second kappa shape index (κ2) is 21.7. The van der Waals surface area contributed by atoms with E-state index in [0.717, 1.165) is 16.8 Å². The number of hydrogen-bond acceptors (Lipinski definition) is 12. The molecule has 0 bridgehead atoms. The molecule has 1 aromatic heterocycles. The number of carboxylic acid groups (broad SMARTS) is 1. The molecule has 3 N–H and O–H groups in total. The van der Waals surface area contributed by atoms with Crippen LogP contribution in [-0.4, -0.2) is 99.8 Å². The quantitative estimate of drug-likeness (QED) is 0.125. The van der Waals surface area contributed by atoms with Gasteiger partial charge in [0.1, 0.15) is 24.0 Å². The van der Waals surface area contributed by atoms with Crippen LogP contribution in [0.5, 0.6) is 5.75 Å². The van der Waals surface area contributed by atoms with E-state index in [1.807, 2.05) is 58.3 Å². The minimum Gasteiger partial charge on any atom is -0.495 e. The van der Waals surface area contributed by atoms with E-state index in [1.165, 1.54) is 13.2 Å². The number of ether oxygens (including phenoxy) is 4. The Morgan fingerprint density at radius 3 is 2.47 bits per heavy atom. The Morgan fingerprint density at radius 1 is 1.06 bits per heavy atom. The van der Waals surface area contributed by atoms with Gasteiger partial charge in [-0.3, -0.25) is 28.8 Å². The normalized spacial score (nSPS) is 23.2. The lowest BCUT2D eigenvalue weighted by atomic mass is 9.92. The van der Waals surface area contributed by atoms with Crippen molar-refractivity contribution in [2.24, 2.45) is 17.3 Å². The SMILES string of the molecule is COc1ccc(C[C@H]2NC(=O)/C=C/C[C@@H]([C@H](C)[C@H]3O[C@@H]3c3ccc(CN(C)Cc4cn(CCCC(=O)O)nn4)cc3)OC(=O)[C@H](CC(C)C)OC(=O)C(C)(C)CNC2=O)cc1Cl. The maximum Gasteiger partial charge on any atom is 0.347 e. The van der Waals surface area contributed by atoms with E-state index in [1.54, 1.807) is 42.8 Å². The lowest BCUT2D eigenvalue weighted by Crippen LogP contribution is -2.51. The summed E-state index contributed by atoms with van der Waals surface area (Å²) in [7, 11) is 3.48. The highest BCUT2D eigenvalue weighted by Gasteiger charge is 2.48. The fraction of sp³-hybridized carbons (Fsp3) is 0.533. The first-order valence-electron chi connectivity index (χ1n) is 20.9. The molecule has 0 unspecified atom stereocenters. The van der Waals surface area contributed by atoms with Gasteiger partial charge in [-0.1, -0.05) is 74.0 Å². The van der Waals surface area contributed by atoms with Gasteiger partial charge < -0.3 is 34.7 Å². The molecular formula is C45H59ClN6O10. The highest BCUT2D eigenvalue weighted by molar-refractivity contribution is 6.32. The molecule has 17 heteroatoms. The number of rotatable bonds is 16. The largest absolute Gasteiger partial charge is 0.495 e. The molecule has 2 aliphatic heterocycles. The lowest BCUT2D eigenvalue weighted by molar-refractivity contribution is -0.179. The van der Waals surface area contributed by atoms with E-state index >= 15 is 0 Å². The number of carbonyl (C=O) groups is 5. The highest BCUT2D eigenvalue weighted by atomic mass is 35.5. The zero-order chi connectivity index (χ0) is 45.1. The van der Waals surface area contributed by atoms with Gasteiger partial charge in [-0.15, -0.1) is 5.10 Å². The summed E-state index contributed by atoms with van der Waals surface area (Å²) in [5.41, 5.74) is 2.26. The first-order chi connectivity index (χ1) is 29.4. The molecule has 0 saturated carbocycles. The van der Waals surface area contributed by atoms with Gasteiger partial charge in [0.25, 0.3) is 0 Å². The van der Waals surface area contributed by atoms with Gasteiger partial charge in [-0.2, -0.15) is 0 Å². The first kappa shape index (κ1) is 47.7. The maximum absolute atomic E-state index is 13.8. The number of aromatic nitrogens is 3. The van der Waals surface area contributed by atoms with Gasteiger partial charge in [0.2, 0.25) is 11.8 Å². The molecule has 0 spiro atoms. The van der Waals surface area contributed by atoms with E-state index < -0.39 is 53.4 Å². The standard InChI is InChI=1S/C45H59ClN6O10/c1-27(2)20-37-43(57)60-35(10-8-11-38(53)48-34(22-30-15-18-36(59-7)33(46)21-30)42(56)47-26-45(4,5)44(58)61-37)28(3)40-41(62-40)31-16-13-29(14-17-31)23-51(6)24-32-25-52(50-49-32)19-9-12-39(54)55/h8,11,13-18,21,25,27-28,34-35,37,40-41H,9-10,12,19-20,22-24,26H2,1-7H3,(H,47,56)(H,48,53)(H,54,55)/b11-8+/t28-,34+,35-,37-,40+,41+/m0/s1. The Hall–Kier alpha value is -5.32. The number of aryl methyl sites for hydroxylation is 1. The molecule has 2 aliphatic rings. The van der Waals surface area contributed by atoms with Crippen LogP contribution in [0.4, 0.5) is 0 Å². The molecule has 16 nitrogen and oxygen atoms in total. The Morgan fingerprint density at radius 2 is 1.79 bits per heavy atom. The molecule has 2 amide bonds. The Labute approximate surface area is 367 Å². The molecule has 2 aromatic carbocycles.